The summed E-state index contributed by atoms with van der Waals surface area (Å²) >= 11 is 0. The lowest BCUT2D eigenvalue weighted by molar-refractivity contribution is -0.774. The molecule has 4 aliphatic rings. The third-order valence-corrected chi connectivity index (χ3v) is 6.68. The van der Waals surface area contributed by atoms with Crippen LogP contribution in [0.4, 0.5) is 0 Å². The van der Waals surface area contributed by atoms with Gasteiger partial charge in [0.15, 0.2) is 0 Å². The molecule has 0 amide bonds. The second-order valence-corrected chi connectivity index (χ2v) is 9.31. The van der Waals surface area contributed by atoms with Crippen molar-refractivity contribution in [2.45, 2.75) is 78.2 Å². The van der Waals surface area contributed by atoms with Crippen LogP contribution in [-0.2, 0) is 4.84 Å². The highest BCUT2D eigenvalue weighted by Gasteiger charge is 2.67. The third-order valence-electron chi connectivity index (χ3n) is 6.68. The summed E-state index contributed by atoms with van der Waals surface area (Å²) in [6.07, 6.45) is 8.45. The first kappa shape index (κ1) is 16.0. The molecule has 0 aromatic heterocycles. The van der Waals surface area contributed by atoms with Gasteiger partial charge in [-0.3, -0.25) is 0 Å². The molecule has 22 heavy (non-hydrogen) atoms. The van der Waals surface area contributed by atoms with Crippen LogP contribution in [0.25, 0.3) is 0 Å². The topological polar surface area (TPSA) is 78.4 Å². The second-order valence-electron chi connectivity index (χ2n) is 9.31. The zero-order valence-corrected chi connectivity index (χ0v) is 14.2. The second kappa shape index (κ2) is 4.83. The predicted octanol–water partition coefficient (Wildman–Crippen LogP) is 3.69. The van der Waals surface area contributed by atoms with Crippen LogP contribution < -0.4 is 5.73 Å². The molecule has 126 valence electrons. The standard InChI is InChI=1S/C17H30N2O3/c1-4-13(22-19(20)21)17-10-14(2)7-15(3,11-17)9-16(8-14,12-17)5-6-18/h13H,4-12,18H2,1-3H3. The highest BCUT2D eigenvalue weighted by Crippen LogP contribution is 2.75. The van der Waals surface area contributed by atoms with Crippen molar-refractivity contribution >= 4 is 0 Å². The summed E-state index contributed by atoms with van der Waals surface area (Å²) in [4.78, 5) is 16.2. The predicted molar refractivity (Wildman–Crippen MR) is 84.6 cm³/mol. The summed E-state index contributed by atoms with van der Waals surface area (Å²) in [7, 11) is 0. The fraction of sp³-hybridized carbons (Fsp3) is 1.00. The average Bonchev–Trinajstić information content (AvgIpc) is 2.30. The fourth-order valence-electron chi connectivity index (χ4n) is 7.67. The van der Waals surface area contributed by atoms with E-state index in [2.05, 4.69) is 13.8 Å². The molecular weight excluding hydrogens is 280 g/mol. The van der Waals surface area contributed by atoms with Gasteiger partial charge in [-0.2, -0.15) is 0 Å². The number of hydrogen-bond donors (Lipinski definition) is 1. The fourth-order valence-corrected chi connectivity index (χ4v) is 7.67. The molecule has 0 heterocycles. The first-order valence-electron chi connectivity index (χ1n) is 8.69. The molecule has 0 aromatic carbocycles. The SMILES string of the molecule is CCC(O[N+](=O)[O-])C12CC3(C)CC(C)(CC(CCN)(C3)C1)C2. The lowest BCUT2D eigenvalue weighted by atomic mass is 9.34. The molecule has 4 rings (SSSR count). The Balaban J connectivity index is 1.99. The minimum Gasteiger partial charge on any atom is -0.330 e. The molecule has 0 spiro atoms. The molecule has 2 N–H and O–H groups in total. The molecule has 5 nitrogen and oxygen atoms in total. The van der Waals surface area contributed by atoms with E-state index >= 15 is 0 Å². The molecule has 3 unspecified atom stereocenters. The molecule has 4 fully saturated rings. The monoisotopic (exact) mass is 310 g/mol. The Labute approximate surface area is 133 Å². The van der Waals surface area contributed by atoms with E-state index in [-0.39, 0.29) is 16.9 Å². The zero-order chi connectivity index (χ0) is 16.2. The summed E-state index contributed by atoms with van der Waals surface area (Å²) in [5.41, 5.74) is 6.77. The van der Waals surface area contributed by atoms with Gasteiger partial charge < -0.3 is 10.6 Å². The largest absolute Gasteiger partial charge is 0.330 e. The zero-order valence-electron chi connectivity index (χ0n) is 14.2. The molecule has 0 radical (unpaired) electrons. The quantitative estimate of drug-likeness (QED) is 0.599. The van der Waals surface area contributed by atoms with Crippen LogP contribution in [0, 0.1) is 31.8 Å². The Morgan fingerprint density at radius 3 is 2.18 bits per heavy atom. The lowest BCUT2D eigenvalue weighted by Crippen LogP contribution is -2.63. The van der Waals surface area contributed by atoms with Crippen LogP contribution in [0.3, 0.4) is 0 Å². The molecule has 5 heteroatoms. The van der Waals surface area contributed by atoms with Crippen molar-refractivity contribution in [3.05, 3.63) is 10.1 Å². The number of hydrogen-bond acceptors (Lipinski definition) is 4. The lowest BCUT2D eigenvalue weighted by Gasteiger charge is -2.71. The van der Waals surface area contributed by atoms with E-state index < -0.39 is 5.09 Å². The first-order valence-corrected chi connectivity index (χ1v) is 8.69. The van der Waals surface area contributed by atoms with E-state index in [4.69, 9.17) is 10.6 Å². The van der Waals surface area contributed by atoms with E-state index in [9.17, 15) is 10.1 Å². The number of nitrogens with zero attached hydrogens (tertiary/aromatic N) is 1. The summed E-state index contributed by atoms with van der Waals surface area (Å²) in [5, 5.41) is 10.4. The van der Waals surface area contributed by atoms with Gasteiger partial charge in [0.25, 0.3) is 5.09 Å². The van der Waals surface area contributed by atoms with Crippen molar-refractivity contribution in [3.63, 3.8) is 0 Å². The van der Waals surface area contributed by atoms with Gasteiger partial charge in [-0.1, -0.05) is 20.8 Å². The maximum absolute atomic E-state index is 11.0. The van der Waals surface area contributed by atoms with Crippen LogP contribution in [0.2, 0.25) is 0 Å². The van der Waals surface area contributed by atoms with E-state index in [1.807, 2.05) is 6.92 Å². The Morgan fingerprint density at radius 1 is 1.14 bits per heavy atom. The van der Waals surface area contributed by atoms with Crippen LogP contribution in [-0.4, -0.2) is 17.7 Å². The van der Waals surface area contributed by atoms with E-state index in [0.717, 1.165) is 32.2 Å². The Morgan fingerprint density at radius 2 is 1.73 bits per heavy atom. The van der Waals surface area contributed by atoms with Crippen molar-refractivity contribution in [1.29, 1.82) is 0 Å². The molecule has 0 saturated heterocycles. The minimum absolute atomic E-state index is 0.0325. The van der Waals surface area contributed by atoms with E-state index in [1.165, 1.54) is 19.3 Å². The van der Waals surface area contributed by atoms with Crippen LogP contribution in [0.15, 0.2) is 0 Å². The Hall–Kier alpha value is -0.840. The van der Waals surface area contributed by atoms with Crippen molar-refractivity contribution in [2.24, 2.45) is 27.4 Å². The Bertz CT molecular complexity index is 461. The molecule has 3 atom stereocenters. The molecule has 0 aromatic rings. The van der Waals surface area contributed by atoms with Crippen molar-refractivity contribution < 1.29 is 9.92 Å². The van der Waals surface area contributed by atoms with Gasteiger partial charge in [0, 0.05) is 0 Å². The van der Waals surface area contributed by atoms with Gasteiger partial charge in [0.1, 0.15) is 6.10 Å². The van der Waals surface area contributed by atoms with Crippen molar-refractivity contribution in [3.8, 4) is 0 Å². The van der Waals surface area contributed by atoms with Gasteiger partial charge in [0.05, 0.1) is 0 Å². The van der Waals surface area contributed by atoms with E-state index in [0.29, 0.717) is 17.3 Å². The summed E-state index contributed by atoms with van der Waals surface area (Å²) < 4.78 is 0. The summed E-state index contributed by atoms with van der Waals surface area (Å²) in [6.45, 7) is 7.52. The minimum atomic E-state index is -0.576. The maximum Gasteiger partial charge on any atom is 0.294 e. The van der Waals surface area contributed by atoms with Gasteiger partial charge in [0.2, 0.25) is 0 Å². The summed E-state index contributed by atoms with van der Waals surface area (Å²) in [6, 6.07) is 0. The van der Waals surface area contributed by atoms with Crippen LogP contribution in [0.1, 0.15) is 72.1 Å². The van der Waals surface area contributed by atoms with Crippen LogP contribution >= 0.6 is 0 Å². The van der Waals surface area contributed by atoms with Crippen molar-refractivity contribution in [2.75, 3.05) is 6.54 Å². The summed E-state index contributed by atoms with van der Waals surface area (Å²) in [5.74, 6) is 0. The molecule has 4 aliphatic carbocycles. The molecule has 0 aliphatic heterocycles. The average molecular weight is 310 g/mol. The highest BCUT2D eigenvalue weighted by molar-refractivity contribution is 5.16. The highest BCUT2D eigenvalue weighted by atomic mass is 17.0. The number of nitrogens with two attached hydrogens (primary N) is 1. The van der Waals surface area contributed by atoms with Crippen LogP contribution in [0.5, 0.6) is 0 Å². The Kier molecular flexibility index (Phi) is 3.52. The van der Waals surface area contributed by atoms with E-state index in [1.54, 1.807) is 0 Å². The third kappa shape index (κ3) is 2.41. The first-order chi connectivity index (χ1) is 10.2. The number of rotatable bonds is 6. The molecule has 4 bridgehead atoms. The normalized spacial score (nSPS) is 47.5. The van der Waals surface area contributed by atoms with Gasteiger partial charge in [-0.05, 0) is 79.6 Å². The van der Waals surface area contributed by atoms with Crippen molar-refractivity contribution in [1.82, 2.24) is 0 Å². The smallest absolute Gasteiger partial charge is 0.294 e. The molecule has 4 saturated carbocycles. The van der Waals surface area contributed by atoms with Gasteiger partial charge in [-0.25, -0.2) is 0 Å². The maximum atomic E-state index is 11.0. The van der Waals surface area contributed by atoms with Gasteiger partial charge >= 0.3 is 0 Å². The van der Waals surface area contributed by atoms with Gasteiger partial charge in [-0.15, -0.1) is 10.1 Å². The molecular formula is C17H30N2O3.